The van der Waals surface area contributed by atoms with Gasteiger partial charge in [-0.15, -0.1) is 11.3 Å². The first-order valence-corrected chi connectivity index (χ1v) is 13.7. The Morgan fingerprint density at radius 3 is 2.11 bits per heavy atom. The molecule has 3 aromatic rings. The normalized spacial score (nSPS) is 11.7. The highest BCUT2D eigenvalue weighted by atomic mass is 32.2. The molecule has 8 nitrogen and oxygen atoms in total. The minimum absolute atomic E-state index is 0.00786. The van der Waals surface area contributed by atoms with E-state index in [2.05, 4.69) is 5.32 Å². The van der Waals surface area contributed by atoms with Gasteiger partial charge in [0.25, 0.3) is 0 Å². The summed E-state index contributed by atoms with van der Waals surface area (Å²) in [5.41, 5.74) is 3.32. The summed E-state index contributed by atoms with van der Waals surface area (Å²) in [5, 5.41) is 8.27. The number of hydrogen-bond acceptors (Lipinski definition) is 8. The van der Waals surface area contributed by atoms with Gasteiger partial charge in [-0.3, -0.25) is 4.79 Å². The van der Waals surface area contributed by atoms with Crippen molar-refractivity contribution in [3.63, 3.8) is 0 Å². The molecule has 192 valence electrons. The molecule has 0 unspecified atom stereocenters. The first-order valence-electron chi connectivity index (χ1n) is 11.3. The number of hydrogen-bond donors (Lipinski definition) is 2. The fraction of sp³-hybridized carbons (Fsp3) is 0.308. The topological polar surface area (TPSA) is 125 Å². The van der Waals surface area contributed by atoms with Crippen LogP contribution in [0.3, 0.4) is 0 Å². The van der Waals surface area contributed by atoms with Crippen molar-refractivity contribution in [3.05, 3.63) is 59.0 Å². The number of anilines is 1. The van der Waals surface area contributed by atoms with E-state index in [1.54, 1.807) is 19.1 Å². The first-order chi connectivity index (χ1) is 16.8. The van der Waals surface area contributed by atoms with Gasteiger partial charge in [0.1, 0.15) is 17.0 Å². The first kappa shape index (κ1) is 27.4. The van der Waals surface area contributed by atoms with Gasteiger partial charge in [0, 0.05) is 16.1 Å². The Morgan fingerprint density at radius 1 is 1.00 bits per heavy atom. The van der Waals surface area contributed by atoms with Crippen molar-refractivity contribution in [2.45, 2.75) is 45.1 Å². The summed E-state index contributed by atoms with van der Waals surface area (Å²) < 4.78 is 33.9. The molecule has 1 heterocycles. The van der Waals surface area contributed by atoms with Crippen molar-refractivity contribution in [2.75, 3.05) is 18.5 Å². The monoisotopic (exact) mass is 530 g/mol. The molecule has 2 aromatic carbocycles. The summed E-state index contributed by atoms with van der Waals surface area (Å²) in [6.45, 7) is 9.37. The van der Waals surface area contributed by atoms with Crippen LogP contribution in [-0.2, 0) is 24.3 Å². The number of nitrogens with one attached hydrogen (secondary N) is 1. The van der Waals surface area contributed by atoms with Crippen LogP contribution in [0.5, 0.6) is 0 Å². The van der Waals surface area contributed by atoms with Crippen molar-refractivity contribution in [3.8, 4) is 21.6 Å². The molecule has 0 amide bonds. The van der Waals surface area contributed by atoms with Gasteiger partial charge in [-0.2, -0.15) is 0 Å². The number of esters is 2. The van der Waals surface area contributed by atoms with E-state index in [1.165, 1.54) is 23.5 Å². The molecule has 0 aliphatic heterocycles. The van der Waals surface area contributed by atoms with E-state index < -0.39 is 21.6 Å². The van der Waals surface area contributed by atoms with E-state index in [0.717, 1.165) is 21.7 Å². The molecule has 0 saturated heterocycles. The second-order valence-electron chi connectivity index (χ2n) is 9.07. The van der Waals surface area contributed by atoms with Crippen LogP contribution in [-0.4, -0.2) is 39.1 Å². The number of sulfonamides is 1. The average Bonchev–Trinajstić information content (AvgIpc) is 3.14. The average molecular weight is 531 g/mol. The number of thiophene rings is 1. The maximum Gasteiger partial charge on any atom is 0.348 e. The lowest BCUT2D eigenvalue weighted by molar-refractivity contribution is -0.152. The highest BCUT2D eigenvalue weighted by Crippen LogP contribution is 2.42. The number of benzene rings is 2. The summed E-state index contributed by atoms with van der Waals surface area (Å²) in [6, 6.07) is 13.6. The largest absolute Gasteiger partial charge is 0.462 e. The molecule has 0 aliphatic carbocycles. The SMILES string of the molecule is CCOC(=O)c1sc(-c2ccc(NCC(=O)OC(C)(C)C)cc2)c(C)c1-c1ccc(S(N)(=O)=O)cc1. The van der Waals surface area contributed by atoms with Gasteiger partial charge in [-0.25, -0.2) is 18.4 Å². The van der Waals surface area contributed by atoms with Crippen LogP contribution >= 0.6 is 11.3 Å². The third-order valence-corrected chi connectivity index (χ3v) is 7.33. The number of ether oxygens (including phenoxy) is 2. The van der Waals surface area contributed by atoms with Crippen LogP contribution < -0.4 is 10.5 Å². The minimum Gasteiger partial charge on any atom is -0.462 e. The molecule has 0 atom stereocenters. The third-order valence-electron chi connectivity index (χ3n) is 5.08. The van der Waals surface area contributed by atoms with E-state index in [9.17, 15) is 18.0 Å². The number of rotatable bonds is 8. The zero-order valence-corrected chi connectivity index (χ0v) is 22.5. The van der Waals surface area contributed by atoms with Gasteiger partial charge < -0.3 is 14.8 Å². The lowest BCUT2D eigenvalue weighted by Crippen LogP contribution is -2.28. The Balaban J connectivity index is 1.93. The van der Waals surface area contributed by atoms with Gasteiger partial charge in [-0.1, -0.05) is 24.3 Å². The Hall–Kier alpha value is -3.21. The molecule has 10 heteroatoms. The van der Waals surface area contributed by atoms with E-state index in [1.807, 2.05) is 52.0 Å². The van der Waals surface area contributed by atoms with Crippen LogP contribution in [0.15, 0.2) is 53.4 Å². The van der Waals surface area contributed by atoms with Crippen molar-refractivity contribution < 1.29 is 27.5 Å². The zero-order valence-electron chi connectivity index (χ0n) is 20.9. The van der Waals surface area contributed by atoms with E-state index >= 15 is 0 Å². The van der Waals surface area contributed by atoms with Crippen LogP contribution in [0.25, 0.3) is 21.6 Å². The maximum atomic E-state index is 12.8. The Morgan fingerprint density at radius 2 is 1.58 bits per heavy atom. The molecule has 0 aliphatic rings. The lowest BCUT2D eigenvalue weighted by Gasteiger charge is -2.19. The predicted octanol–water partition coefficient (Wildman–Crippen LogP) is 4.97. The van der Waals surface area contributed by atoms with Crippen molar-refractivity contribution in [2.24, 2.45) is 5.14 Å². The van der Waals surface area contributed by atoms with Gasteiger partial charge in [0.05, 0.1) is 11.5 Å². The summed E-state index contributed by atoms with van der Waals surface area (Å²) in [4.78, 5) is 26.0. The number of carbonyl (C=O) groups excluding carboxylic acids is 2. The fourth-order valence-corrected chi connectivity index (χ4v) is 5.32. The van der Waals surface area contributed by atoms with Gasteiger partial charge in [0.2, 0.25) is 10.0 Å². The Labute approximate surface area is 215 Å². The van der Waals surface area contributed by atoms with E-state index in [0.29, 0.717) is 16.0 Å². The number of carbonyl (C=O) groups is 2. The highest BCUT2D eigenvalue weighted by molar-refractivity contribution is 7.89. The summed E-state index contributed by atoms with van der Waals surface area (Å²) in [6.07, 6.45) is 0. The van der Waals surface area contributed by atoms with E-state index in [-0.39, 0.29) is 24.0 Å². The Kier molecular flexibility index (Phi) is 8.22. The maximum absolute atomic E-state index is 12.8. The molecular formula is C26H30N2O6S2. The van der Waals surface area contributed by atoms with Gasteiger partial charge >= 0.3 is 11.9 Å². The smallest absolute Gasteiger partial charge is 0.348 e. The van der Waals surface area contributed by atoms with Crippen LogP contribution in [0, 0.1) is 6.92 Å². The Bertz CT molecular complexity index is 1350. The van der Waals surface area contributed by atoms with Crippen LogP contribution in [0.1, 0.15) is 42.9 Å². The highest BCUT2D eigenvalue weighted by Gasteiger charge is 2.24. The summed E-state index contributed by atoms with van der Waals surface area (Å²) >= 11 is 1.31. The second-order valence-corrected chi connectivity index (χ2v) is 11.6. The number of nitrogens with two attached hydrogens (primary N) is 1. The van der Waals surface area contributed by atoms with Gasteiger partial charge in [-0.05, 0) is 75.6 Å². The lowest BCUT2D eigenvalue weighted by atomic mass is 9.99. The molecular weight excluding hydrogens is 500 g/mol. The zero-order chi connectivity index (χ0) is 26.7. The van der Waals surface area contributed by atoms with E-state index in [4.69, 9.17) is 14.6 Å². The second kappa shape index (κ2) is 10.8. The predicted molar refractivity (Wildman–Crippen MR) is 142 cm³/mol. The molecule has 0 saturated carbocycles. The summed E-state index contributed by atoms with van der Waals surface area (Å²) in [7, 11) is -3.83. The third kappa shape index (κ3) is 6.71. The standard InChI is InChI=1S/C26H30N2O6S2/c1-6-33-25(30)24-22(17-9-13-20(14-10-17)36(27,31)32)16(2)23(35-24)18-7-11-19(12-8-18)28-15-21(29)34-26(3,4)5/h7-14,28H,6,15H2,1-5H3,(H2,27,31,32). The van der Waals surface area contributed by atoms with Gasteiger partial charge in [0.15, 0.2) is 0 Å². The fourth-order valence-electron chi connectivity index (χ4n) is 3.58. The quantitative estimate of drug-likeness (QED) is 0.394. The van der Waals surface area contributed by atoms with Crippen molar-refractivity contribution >= 4 is 39.0 Å². The van der Waals surface area contributed by atoms with Crippen LogP contribution in [0.4, 0.5) is 5.69 Å². The molecule has 0 spiro atoms. The molecule has 36 heavy (non-hydrogen) atoms. The van der Waals surface area contributed by atoms with Crippen molar-refractivity contribution in [1.82, 2.24) is 0 Å². The summed E-state index contributed by atoms with van der Waals surface area (Å²) in [5.74, 6) is -0.795. The van der Waals surface area contributed by atoms with Crippen molar-refractivity contribution in [1.29, 1.82) is 0 Å². The van der Waals surface area contributed by atoms with Crippen LogP contribution in [0.2, 0.25) is 0 Å². The molecule has 0 bridgehead atoms. The number of primary sulfonamides is 1. The molecule has 1 aromatic heterocycles. The minimum atomic E-state index is -3.83. The molecule has 3 N–H and O–H groups in total. The molecule has 0 radical (unpaired) electrons. The molecule has 0 fully saturated rings. The molecule has 3 rings (SSSR count).